The lowest BCUT2D eigenvalue weighted by Crippen LogP contribution is -2.14. The zero-order valence-electron chi connectivity index (χ0n) is 15.6. The van der Waals surface area contributed by atoms with Gasteiger partial charge in [0, 0.05) is 23.6 Å². The summed E-state index contributed by atoms with van der Waals surface area (Å²) in [4.78, 5) is 21.0. The van der Waals surface area contributed by atoms with Gasteiger partial charge in [-0.1, -0.05) is 26.0 Å². The SMILES string of the molecule is CC(C)c1ccc(Nc2nccc(C(=O)Nc3ccc4c(c3)OCO4)n2)cc1. The van der Waals surface area contributed by atoms with Gasteiger partial charge in [0.1, 0.15) is 5.69 Å². The van der Waals surface area contributed by atoms with E-state index in [9.17, 15) is 4.79 Å². The Hall–Kier alpha value is -3.61. The number of carbonyl (C=O) groups is 1. The molecule has 2 heterocycles. The molecule has 28 heavy (non-hydrogen) atoms. The Morgan fingerprint density at radius 2 is 1.75 bits per heavy atom. The van der Waals surface area contributed by atoms with Crippen LogP contribution in [0.5, 0.6) is 11.5 Å². The topological polar surface area (TPSA) is 85.4 Å². The number of ether oxygens (including phenoxy) is 2. The highest BCUT2D eigenvalue weighted by molar-refractivity contribution is 6.03. The molecule has 3 aromatic rings. The quantitative estimate of drug-likeness (QED) is 0.690. The van der Waals surface area contributed by atoms with E-state index in [0.29, 0.717) is 29.1 Å². The van der Waals surface area contributed by atoms with Crippen molar-refractivity contribution in [1.29, 1.82) is 0 Å². The van der Waals surface area contributed by atoms with Crippen molar-refractivity contribution in [3.8, 4) is 11.5 Å². The van der Waals surface area contributed by atoms with Crippen molar-refractivity contribution in [3.05, 3.63) is 66.0 Å². The number of benzene rings is 2. The second kappa shape index (κ2) is 7.56. The fraction of sp³-hybridized carbons (Fsp3) is 0.190. The van der Waals surface area contributed by atoms with Crippen molar-refractivity contribution in [2.75, 3.05) is 17.4 Å². The molecule has 1 aromatic heterocycles. The molecule has 0 saturated heterocycles. The van der Waals surface area contributed by atoms with E-state index in [2.05, 4.69) is 46.6 Å². The number of hydrogen-bond acceptors (Lipinski definition) is 6. The highest BCUT2D eigenvalue weighted by Crippen LogP contribution is 2.34. The third kappa shape index (κ3) is 3.88. The van der Waals surface area contributed by atoms with E-state index in [1.54, 1.807) is 30.5 Å². The van der Waals surface area contributed by atoms with Crippen LogP contribution in [0.4, 0.5) is 17.3 Å². The third-order valence-corrected chi connectivity index (χ3v) is 4.35. The highest BCUT2D eigenvalue weighted by Gasteiger charge is 2.15. The number of carbonyl (C=O) groups excluding carboxylic acids is 1. The Morgan fingerprint density at radius 3 is 2.54 bits per heavy atom. The third-order valence-electron chi connectivity index (χ3n) is 4.35. The second-order valence-corrected chi connectivity index (χ2v) is 6.69. The van der Waals surface area contributed by atoms with E-state index >= 15 is 0 Å². The summed E-state index contributed by atoms with van der Waals surface area (Å²) in [5, 5.41) is 5.93. The van der Waals surface area contributed by atoms with E-state index < -0.39 is 0 Å². The Morgan fingerprint density at radius 1 is 1.00 bits per heavy atom. The summed E-state index contributed by atoms with van der Waals surface area (Å²) < 4.78 is 10.6. The van der Waals surface area contributed by atoms with Gasteiger partial charge in [-0.25, -0.2) is 9.97 Å². The van der Waals surface area contributed by atoms with Crippen LogP contribution >= 0.6 is 0 Å². The molecule has 0 spiro atoms. The smallest absolute Gasteiger partial charge is 0.274 e. The van der Waals surface area contributed by atoms with Crippen molar-refractivity contribution in [2.24, 2.45) is 0 Å². The molecule has 0 aliphatic carbocycles. The van der Waals surface area contributed by atoms with E-state index in [4.69, 9.17) is 9.47 Å². The van der Waals surface area contributed by atoms with Gasteiger partial charge in [0.05, 0.1) is 0 Å². The maximum Gasteiger partial charge on any atom is 0.274 e. The van der Waals surface area contributed by atoms with Gasteiger partial charge in [-0.05, 0) is 41.8 Å². The molecule has 0 unspecified atom stereocenters. The van der Waals surface area contributed by atoms with Gasteiger partial charge in [0.2, 0.25) is 12.7 Å². The van der Waals surface area contributed by atoms with E-state index in [1.807, 2.05) is 12.1 Å². The Labute approximate surface area is 162 Å². The van der Waals surface area contributed by atoms with Gasteiger partial charge < -0.3 is 20.1 Å². The Balaban J connectivity index is 1.46. The standard InChI is InChI=1S/C21H20N4O3/c1-13(2)14-3-5-15(6-4-14)24-21-22-10-9-17(25-21)20(26)23-16-7-8-18-19(11-16)28-12-27-18/h3-11,13H,12H2,1-2H3,(H,23,26)(H,22,24,25). The summed E-state index contributed by atoms with van der Waals surface area (Å²) in [5.74, 6) is 1.76. The normalized spacial score (nSPS) is 12.1. The van der Waals surface area contributed by atoms with Crippen molar-refractivity contribution >= 4 is 23.2 Å². The molecule has 0 bridgehead atoms. The van der Waals surface area contributed by atoms with Gasteiger partial charge in [0.15, 0.2) is 11.5 Å². The molecule has 1 amide bonds. The maximum absolute atomic E-state index is 12.5. The fourth-order valence-electron chi connectivity index (χ4n) is 2.80. The second-order valence-electron chi connectivity index (χ2n) is 6.69. The zero-order chi connectivity index (χ0) is 19.5. The summed E-state index contributed by atoms with van der Waals surface area (Å²) >= 11 is 0. The molecule has 0 fully saturated rings. The van der Waals surface area contributed by atoms with E-state index in [1.165, 1.54) is 5.56 Å². The minimum atomic E-state index is -0.334. The summed E-state index contributed by atoms with van der Waals surface area (Å²) in [6.07, 6.45) is 1.55. The summed E-state index contributed by atoms with van der Waals surface area (Å²) in [7, 11) is 0. The van der Waals surface area contributed by atoms with Crippen molar-refractivity contribution in [1.82, 2.24) is 9.97 Å². The van der Waals surface area contributed by atoms with Gasteiger partial charge in [-0.15, -0.1) is 0 Å². The number of fused-ring (bicyclic) bond motifs is 1. The lowest BCUT2D eigenvalue weighted by molar-refractivity contribution is 0.102. The summed E-state index contributed by atoms with van der Waals surface area (Å²) in [6, 6.07) is 14.8. The van der Waals surface area contributed by atoms with Crippen LogP contribution in [0, 0.1) is 0 Å². The predicted molar refractivity (Wildman–Crippen MR) is 106 cm³/mol. The largest absolute Gasteiger partial charge is 0.454 e. The molecular weight excluding hydrogens is 356 g/mol. The minimum Gasteiger partial charge on any atom is -0.454 e. The van der Waals surface area contributed by atoms with Gasteiger partial charge in [-0.3, -0.25) is 4.79 Å². The van der Waals surface area contributed by atoms with Crippen LogP contribution in [-0.4, -0.2) is 22.7 Å². The average molecular weight is 376 g/mol. The minimum absolute atomic E-state index is 0.186. The lowest BCUT2D eigenvalue weighted by Gasteiger charge is -2.09. The molecule has 1 aliphatic heterocycles. The molecule has 2 aromatic carbocycles. The lowest BCUT2D eigenvalue weighted by atomic mass is 10.0. The Bertz CT molecular complexity index is 1000. The average Bonchev–Trinajstić information content (AvgIpc) is 3.16. The molecule has 0 radical (unpaired) electrons. The van der Waals surface area contributed by atoms with Crippen LogP contribution in [0.3, 0.4) is 0 Å². The predicted octanol–water partition coefficient (Wildman–Crippen LogP) is 4.32. The van der Waals surface area contributed by atoms with Crippen molar-refractivity contribution in [2.45, 2.75) is 19.8 Å². The summed E-state index contributed by atoms with van der Waals surface area (Å²) in [5.41, 5.74) is 2.97. The number of nitrogens with zero attached hydrogens (tertiary/aromatic N) is 2. The number of aromatic nitrogens is 2. The number of amides is 1. The van der Waals surface area contributed by atoms with E-state index in [0.717, 1.165) is 5.69 Å². The van der Waals surface area contributed by atoms with Gasteiger partial charge in [0.25, 0.3) is 5.91 Å². The molecule has 7 nitrogen and oxygen atoms in total. The monoisotopic (exact) mass is 376 g/mol. The molecular formula is C21H20N4O3. The molecule has 142 valence electrons. The van der Waals surface area contributed by atoms with Crippen LogP contribution in [-0.2, 0) is 0 Å². The highest BCUT2D eigenvalue weighted by atomic mass is 16.7. The maximum atomic E-state index is 12.5. The van der Waals surface area contributed by atoms with E-state index in [-0.39, 0.29) is 18.4 Å². The molecule has 7 heteroatoms. The number of anilines is 3. The molecule has 4 rings (SSSR count). The van der Waals surface area contributed by atoms with Gasteiger partial charge >= 0.3 is 0 Å². The van der Waals surface area contributed by atoms with Crippen LogP contribution in [0.25, 0.3) is 0 Å². The molecule has 1 aliphatic rings. The first-order valence-electron chi connectivity index (χ1n) is 8.99. The molecule has 0 saturated carbocycles. The molecule has 0 atom stereocenters. The fourth-order valence-corrected chi connectivity index (χ4v) is 2.80. The first-order chi connectivity index (χ1) is 13.6. The number of rotatable bonds is 5. The van der Waals surface area contributed by atoms with Crippen LogP contribution in [0.1, 0.15) is 35.8 Å². The van der Waals surface area contributed by atoms with Crippen LogP contribution in [0.2, 0.25) is 0 Å². The van der Waals surface area contributed by atoms with Crippen molar-refractivity contribution in [3.63, 3.8) is 0 Å². The van der Waals surface area contributed by atoms with Crippen molar-refractivity contribution < 1.29 is 14.3 Å². The first kappa shape index (κ1) is 17.8. The Kier molecular flexibility index (Phi) is 4.80. The van der Waals surface area contributed by atoms with Crippen LogP contribution < -0.4 is 20.1 Å². The van der Waals surface area contributed by atoms with Crippen LogP contribution in [0.15, 0.2) is 54.7 Å². The first-order valence-corrected chi connectivity index (χ1v) is 8.99. The van der Waals surface area contributed by atoms with Gasteiger partial charge in [-0.2, -0.15) is 0 Å². The zero-order valence-corrected chi connectivity index (χ0v) is 15.6. The number of hydrogen-bond donors (Lipinski definition) is 2. The number of nitrogens with one attached hydrogen (secondary N) is 2. The molecule has 2 N–H and O–H groups in total. The summed E-state index contributed by atoms with van der Waals surface area (Å²) in [6.45, 7) is 4.48.